The summed E-state index contributed by atoms with van der Waals surface area (Å²) in [6.07, 6.45) is 0. The highest BCUT2D eigenvalue weighted by Crippen LogP contribution is 2.26. The van der Waals surface area contributed by atoms with Gasteiger partial charge in [0, 0.05) is 30.5 Å². The highest BCUT2D eigenvalue weighted by Gasteiger charge is 2.15. The van der Waals surface area contributed by atoms with Gasteiger partial charge < -0.3 is 10.3 Å². The Labute approximate surface area is 140 Å². The lowest BCUT2D eigenvalue weighted by molar-refractivity contribution is -0.118. The van der Waals surface area contributed by atoms with Gasteiger partial charge in [-0.15, -0.1) is 0 Å². The van der Waals surface area contributed by atoms with Crippen molar-refractivity contribution in [2.45, 2.75) is 19.8 Å². The van der Waals surface area contributed by atoms with E-state index in [1.807, 2.05) is 36.4 Å². The van der Waals surface area contributed by atoms with Gasteiger partial charge in [0.05, 0.1) is 0 Å². The number of H-pyrrole nitrogens is 1. The molecule has 1 unspecified atom stereocenters. The molecule has 1 atom stereocenters. The zero-order chi connectivity index (χ0) is 17.1. The van der Waals surface area contributed by atoms with Crippen LogP contribution in [0.5, 0.6) is 0 Å². The maximum Gasteiger partial charge on any atom is 0.251 e. The van der Waals surface area contributed by atoms with Gasteiger partial charge in [-0.3, -0.25) is 9.59 Å². The van der Waals surface area contributed by atoms with Gasteiger partial charge in [-0.2, -0.15) is 0 Å². The number of fused-ring (bicyclic) bond motifs is 1. The first-order chi connectivity index (χ1) is 11.5. The second-order valence-corrected chi connectivity index (χ2v) is 6.03. The van der Waals surface area contributed by atoms with E-state index in [2.05, 4.69) is 28.5 Å². The van der Waals surface area contributed by atoms with Gasteiger partial charge in [0.15, 0.2) is 0 Å². The zero-order valence-corrected chi connectivity index (χ0v) is 13.8. The molecule has 4 heteroatoms. The van der Waals surface area contributed by atoms with E-state index in [0.717, 1.165) is 22.0 Å². The fourth-order valence-corrected chi connectivity index (χ4v) is 2.91. The Morgan fingerprint density at radius 2 is 1.83 bits per heavy atom. The predicted molar refractivity (Wildman–Crippen MR) is 96.3 cm³/mol. The molecule has 0 aliphatic carbocycles. The monoisotopic (exact) mass is 320 g/mol. The average molecular weight is 320 g/mol. The minimum absolute atomic E-state index is 0.0445. The molecule has 1 aromatic heterocycles. The Bertz CT molecular complexity index is 929. The van der Waals surface area contributed by atoms with E-state index in [1.54, 1.807) is 6.92 Å². The summed E-state index contributed by atoms with van der Waals surface area (Å²) in [6.45, 7) is 3.86. The molecule has 0 saturated heterocycles. The quantitative estimate of drug-likeness (QED) is 0.776. The minimum atomic E-state index is -0.0619. The van der Waals surface area contributed by atoms with Crippen LogP contribution in [0.2, 0.25) is 0 Å². The van der Waals surface area contributed by atoms with Crippen molar-refractivity contribution < 1.29 is 4.79 Å². The number of aromatic nitrogens is 1. The second kappa shape index (κ2) is 6.71. The van der Waals surface area contributed by atoms with Crippen LogP contribution in [0.4, 0.5) is 0 Å². The molecular weight excluding hydrogens is 300 g/mol. The first kappa shape index (κ1) is 16.0. The lowest BCUT2D eigenvalue weighted by Gasteiger charge is -2.19. The summed E-state index contributed by atoms with van der Waals surface area (Å²) in [5, 5.41) is 3.91. The van der Waals surface area contributed by atoms with Crippen molar-refractivity contribution in [2.75, 3.05) is 6.54 Å². The van der Waals surface area contributed by atoms with E-state index in [0.29, 0.717) is 12.1 Å². The van der Waals surface area contributed by atoms with Crippen molar-refractivity contribution in [1.82, 2.24) is 10.3 Å². The first-order valence-corrected chi connectivity index (χ1v) is 7.97. The predicted octanol–water partition coefficient (Wildman–Crippen LogP) is 3.10. The lowest BCUT2D eigenvalue weighted by Crippen LogP contribution is -2.26. The van der Waals surface area contributed by atoms with Crippen molar-refractivity contribution in [2.24, 2.45) is 0 Å². The molecule has 0 spiro atoms. The van der Waals surface area contributed by atoms with Crippen molar-refractivity contribution in [3.63, 3.8) is 0 Å². The van der Waals surface area contributed by atoms with E-state index >= 15 is 0 Å². The van der Waals surface area contributed by atoms with E-state index in [9.17, 15) is 9.59 Å². The molecule has 3 rings (SSSR count). The molecule has 24 heavy (non-hydrogen) atoms. The number of pyridine rings is 1. The van der Waals surface area contributed by atoms with Gasteiger partial charge in [0.2, 0.25) is 5.91 Å². The van der Waals surface area contributed by atoms with Crippen molar-refractivity contribution in [3.05, 3.63) is 81.6 Å². The van der Waals surface area contributed by atoms with E-state index in [-0.39, 0.29) is 17.4 Å². The lowest BCUT2D eigenvalue weighted by atomic mass is 9.90. The van der Waals surface area contributed by atoms with Crippen LogP contribution in [-0.4, -0.2) is 17.4 Å². The van der Waals surface area contributed by atoms with Gasteiger partial charge in [-0.25, -0.2) is 0 Å². The number of hydrogen-bond donors (Lipinski definition) is 2. The summed E-state index contributed by atoms with van der Waals surface area (Å²) in [5.41, 5.74) is 3.70. The maximum atomic E-state index is 11.7. The molecule has 2 aromatic carbocycles. The molecule has 0 saturated carbocycles. The molecule has 2 N–H and O–H groups in total. The Kier molecular flexibility index (Phi) is 4.47. The highest BCUT2D eigenvalue weighted by atomic mass is 16.1. The fraction of sp³-hybridized carbons (Fsp3) is 0.200. The number of aromatic amines is 1. The summed E-state index contributed by atoms with van der Waals surface area (Å²) in [6, 6.07) is 18.0. The summed E-state index contributed by atoms with van der Waals surface area (Å²) in [7, 11) is 0. The van der Waals surface area contributed by atoms with E-state index in [1.165, 1.54) is 6.92 Å². The number of rotatable bonds is 4. The van der Waals surface area contributed by atoms with Crippen molar-refractivity contribution in [3.8, 4) is 0 Å². The molecule has 0 radical (unpaired) electrons. The Hall–Kier alpha value is -2.88. The topological polar surface area (TPSA) is 62.0 Å². The Morgan fingerprint density at radius 1 is 1.08 bits per heavy atom. The largest absolute Gasteiger partial charge is 0.355 e. The molecule has 4 nitrogen and oxygen atoms in total. The molecule has 1 amide bonds. The van der Waals surface area contributed by atoms with Crippen LogP contribution in [0.3, 0.4) is 0 Å². The molecule has 0 fully saturated rings. The number of amides is 1. The van der Waals surface area contributed by atoms with Crippen LogP contribution in [-0.2, 0) is 4.79 Å². The number of aryl methyl sites for hydroxylation is 1. The van der Waals surface area contributed by atoms with Gasteiger partial charge in [-0.05, 0) is 41.6 Å². The summed E-state index contributed by atoms with van der Waals surface area (Å²) >= 11 is 0. The molecule has 0 aliphatic rings. The van der Waals surface area contributed by atoms with Crippen LogP contribution < -0.4 is 10.9 Å². The SMILES string of the molecule is CC(=O)NCC(c1ccccc1)c1ccc2[nH]c(=O)c(C)cc2c1. The van der Waals surface area contributed by atoms with Gasteiger partial charge >= 0.3 is 0 Å². The highest BCUT2D eigenvalue weighted by molar-refractivity contribution is 5.80. The Balaban J connectivity index is 2.06. The third-order valence-electron chi connectivity index (χ3n) is 4.21. The summed E-state index contributed by atoms with van der Waals surface area (Å²) in [4.78, 5) is 26.0. The average Bonchev–Trinajstić information content (AvgIpc) is 2.57. The number of carbonyl (C=O) groups excluding carboxylic acids is 1. The summed E-state index contributed by atoms with van der Waals surface area (Å²) < 4.78 is 0. The fourth-order valence-electron chi connectivity index (χ4n) is 2.91. The number of nitrogens with one attached hydrogen (secondary N) is 2. The standard InChI is InChI=1S/C20H20N2O2/c1-13-10-17-11-16(8-9-19(17)22-20(13)24)18(12-21-14(2)23)15-6-4-3-5-7-15/h3-11,18H,12H2,1-2H3,(H,21,23)(H,22,24). The van der Waals surface area contributed by atoms with Crippen LogP contribution in [0.1, 0.15) is 29.5 Å². The van der Waals surface area contributed by atoms with Gasteiger partial charge in [-0.1, -0.05) is 36.4 Å². The molecule has 1 heterocycles. The smallest absolute Gasteiger partial charge is 0.251 e. The third kappa shape index (κ3) is 3.38. The van der Waals surface area contributed by atoms with Gasteiger partial charge in [0.1, 0.15) is 0 Å². The molecule has 0 aliphatic heterocycles. The van der Waals surface area contributed by atoms with E-state index in [4.69, 9.17) is 0 Å². The number of carbonyl (C=O) groups is 1. The molecule has 122 valence electrons. The number of benzene rings is 2. The van der Waals surface area contributed by atoms with Crippen molar-refractivity contribution >= 4 is 16.8 Å². The van der Waals surface area contributed by atoms with Crippen LogP contribution in [0, 0.1) is 6.92 Å². The number of hydrogen-bond acceptors (Lipinski definition) is 2. The second-order valence-electron chi connectivity index (χ2n) is 6.03. The molecule has 0 bridgehead atoms. The van der Waals surface area contributed by atoms with Crippen molar-refractivity contribution in [1.29, 1.82) is 0 Å². The minimum Gasteiger partial charge on any atom is -0.355 e. The Morgan fingerprint density at radius 3 is 2.54 bits per heavy atom. The van der Waals surface area contributed by atoms with Crippen LogP contribution >= 0.6 is 0 Å². The summed E-state index contributed by atoms with van der Waals surface area (Å²) in [5.74, 6) is 0.0172. The van der Waals surface area contributed by atoms with Crippen LogP contribution in [0.25, 0.3) is 10.9 Å². The zero-order valence-electron chi connectivity index (χ0n) is 13.8. The normalized spacial score (nSPS) is 12.1. The van der Waals surface area contributed by atoms with Crippen LogP contribution in [0.15, 0.2) is 59.4 Å². The maximum absolute atomic E-state index is 11.7. The van der Waals surface area contributed by atoms with E-state index < -0.39 is 0 Å². The first-order valence-electron chi connectivity index (χ1n) is 7.97. The molecular formula is C20H20N2O2. The molecule has 3 aromatic rings. The third-order valence-corrected chi connectivity index (χ3v) is 4.21. The van der Waals surface area contributed by atoms with Gasteiger partial charge in [0.25, 0.3) is 5.56 Å².